The third-order valence-corrected chi connectivity index (χ3v) is 0.638. The third kappa shape index (κ3) is 3.87. The van der Waals surface area contributed by atoms with Gasteiger partial charge < -0.3 is 0 Å². The SMILES string of the molecule is BBC=CCC. The molecule has 0 fully saturated rings. The second kappa shape index (κ2) is 4.87. The second-order valence-corrected chi connectivity index (χ2v) is 1.29. The van der Waals surface area contributed by atoms with E-state index in [1.165, 1.54) is 13.6 Å². The van der Waals surface area contributed by atoms with E-state index in [4.69, 9.17) is 0 Å². The maximum atomic E-state index is 2.18. The highest BCUT2D eigenvalue weighted by atomic mass is 13.6. The van der Waals surface area contributed by atoms with E-state index in [9.17, 15) is 0 Å². The number of hydrogen-bond acceptors (Lipinski definition) is 0. The van der Waals surface area contributed by atoms with Crippen LogP contribution in [-0.4, -0.2) is 14.9 Å². The normalized spacial score (nSPS) is 9.50. The van der Waals surface area contributed by atoms with Gasteiger partial charge in [0.1, 0.15) is 7.17 Å². The molecule has 0 amide bonds. The van der Waals surface area contributed by atoms with Gasteiger partial charge in [0.25, 0.3) is 0 Å². The molecule has 0 radical (unpaired) electrons. The molecule has 0 aliphatic rings. The van der Waals surface area contributed by atoms with Crippen molar-refractivity contribution in [1.29, 1.82) is 0 Å². The Bertz CT molecular complexity index is 34.8. The molecule has 2 heteroatoms. The minimum absolute atomic E-state index is 1.17. The highest BCUT2D eigenvalue weighted by Crippen LogP contribution is 1.73. The maximum absolute atomic E-state index is 2.18. The molecule has 0 heterocycles. The van der Waals surface area contributed by atoms with E-state index in [1.807, 2.05) is 0 Å². The summed E-state index contributed by atoms with van der Waals surface area (Å²) in [7, 11) is 3.32. The minimum Gasteiger partial charge on any atom is -0.132 e. The van der Waals surface area contributed by atoms with Crippen LogP contribution in [0.15, 0.2) is 12.1 Å². The molecule has 0 aromatic rings. The van der Waals surface area contributed by atoms with Crippen LogP contribution in [0.5, 0.6) is 0 Å². The van der Waals surface area contributed by atoms with E-state index >= 15 is 0 Å². The van der Waals surface area contributed by atoms with Gasteiger partial charge in [0, 0.05) is 0 Å². The maximum Gasteiger partial charge on any atom is 0.109 e. The van der Waals surface area contributed by atoms with Gasteiger partial charge >= 0.3 is 0 Å². The van der Waals surface area contributed by atoms with Crippen molar-refractivity contribution in [1.82, 2.24) is 0 Å². The van der Waals surface area contributed by atoms with Gasteiger partial charge in [0.15, 0.2) is 0 Å². The fourth-order valence-corrected chi connectivity index (χ4v) is 0.333. The van der Waals surface area contributed by atoms with Crippen LogP contribution in [0.25, 0.3) is 0 Å². The van der Waals surface area contributed by atoms with Crippen molar-refractivity contribution >= 4 is 14.9 Å². The van der Waals surface area contributed by atoms with E-state index in [-0.39, 0.29) is 0 Å². The fourth-order valence-electron chi connectivity index (χ4n) is 0.333. The first-order chi connectivity index (χ1) is 2.91. The van der Waals surface area contributed by atoms with Gasteiger partial charge in [-0.2, -0.15) is 0 Å². The van der Waals surface area contributed by atoms with Gasteiger partial charge in [-0.3, -0.25) is 0 Å². The Morgan fingerprint density at radius 1 is 1.83 bits per heavy atom. The lowest BCUT2D eigenvalue weighted by atomic mass is 9.56. The molecule has 0 spiro atoms. The molecular weight excluding hydrogens is 69.7 g/mol. The standard InChI is InChI=1S/C4H10B2/c1-2-3-4-6-5/h3-4,6H,2,5H2,1H3. The van der Waals surface area contributed by atoms with Crippen molar-refractivity contribution in [2.75, 3.05) is 0 Å². The summed E-state index contributed by atoms with van der Waals surface area (Å²) in [6, 6.07) is 0. The van der Waals surface area contributed by atoms with E-state index in [0.717, 1.165) is 0 Å². The molecule has 0 N–H and O–H groups in total. The average Bonchev–Trinajstić information content (AvgIpc) is 1.61. The Hall–Kier alpha value is -0.130. The summed E-state index contributed by atoms with van der Waals surface area (Å²) in [5.41, 5.74) is 0. The predicted molar refractivity (Wildman–Crippen MR) is 35.1 cm³/mol. The van der Waals surface area contributed by atoms with E-state index in [2.05, 4.69) is 26.7 Å². The zero-order valence-corrected chi connectivity index (χ0v) is 4.57. The molecule has 0 saturated heterocycles. The van der Waals surface area contributed by atoms with Crippen LogP contribution in [0.4, 0.5) is 0 Å². The van der Waals surface area contributed by atoms with Crippen LogP contribution in [0.3, 0.4) is 0 Å². The zero-order valence-electron chi connectivity index (χ0n) is 4.57. The monoisotopic (exact) mass is 80.1 g/mol. The van der Waals surface area contributed by atoms with Crippen molar-refractivity contribution in [3.63, 3.8) is 0 Å². The van der Waals surface area contributed by atoms with Crippen LogP contribution in [0.1, 0.15) is 13.3 Å². The second-order valence-electron chi connectivity index (χ2n) is 1.29. The molecule has 0 atom stereocenters. The van der Waals surface area contributed by atoms with Gasteiger partial charge in [-0.25, -0.2) is 0 Å². The van der Waals surface area contributed by atoms with Crippen LogP contribution in [0.2, 0.25) is 0 Å². The van der Waals surface area contributed by atoms with Crippen LogP contribution < -0.4 is 0 Å². The number of rotatable bonds is 2. The molecule has 0 aliphatic carbocycles. The first kappa shape index (κ1) is 5.87. The molecule has 0 aromatic carbocycles. The van der Waals surface area contributed by atoms with Gasteiger partial charge in [0.2, 0.25) is 0 Å². The lowest BCUT2D eigenvalue weighted by Gasteiger charge is -1.70. The molecule has 0 saturated carbocycles. The van der Waals surface area contributed by atoms with Gasteiger partial charge in [0.05, 0.1) is 7.74 Å². The first-order valence-electron chi connectivity index (χ1n) is 2.56. The summed E-state index contributed by atoms with van der Waals surface area (Å²) >= 11 is 0. The Morgan fingerprint density at radius 2 is 2.50 bits per heavy atom. The van der Waals surface area contributed by atoms with Gasteiger partial charge in [-0.05, 0) is 6.42 Å². The molecule has 0 unspecified atom stereocenters. The molecule has 0 rings (SSSR count). The zero-order chi connectivity index (χ0) is 4.83. The van der Waals surface area contributed by atoms with Crippen molar-refractivity contribution < 1.29 is 0 Å². The molecule has 32 valence electrons. The third-order valence-electron chi connectivity index (χ3n) is 0.638. The lowest BCUT2D eigenvalue weighted by molar-refractivity contribution is 1.23. The van der Waals surface area contributed by atoms with E-state index in [0.29, 0.717) is 0 Å². The van der Waals surface area contributed by atoms with E-state index < -0.39 is 0 Å². The lowest BCUT2D eigenvalue weighted by Crippen LogP contribution is -1.77. The van der Waals surface area contributed by atoms with Crippen molar-refractivity contribution in [3.05, 3.63) is 12.1 Å². The summed E-state index contributed by atoms with van der Waals surface area (Å²) in [5, 5.41) is 0. The Morgan fingerprint density at radius 3 is 2.67 bits per heavy atom. The molecule has 0 bridgehead atoms. The van der Waals surface area contributed by atoms with Crippen LogP contribution in [0, 0.1) is 0 Å². The van der Waals surface area contributed by atoms with Crippen LogP contribution >= 0.6 is 0 Å². The predicted octanol–water partition coefficient (Wildman–Crippen LogP) is -0.105. The summed E-state index contributed by atoms with van der Waals surface area (Å²) in [6.45, 7) is 2.14. The summed E-state index contributed by atoms with van der Waals surface area (Å²) in [4.78, 5) is 0. The number of hydrogen-bond donors (Lipinski definition) is 0. The Labute approximate surface area is 41.3 Å². The van der Waals surface area contributed by atoms with Crippen molar-refractivity contribution in [2.45, 2.75) is 13.3 Å². The Kier molecular flexibility index (Phi) is 4.76. The molecule has 0 aliphatic heterocycles. The topological polar surface area (TPSA) is 0 Å². The molecule has 6 heavy (non-hydrogen) atoms. The van der Waals surface area contributed by atoms with Gasteiger partial charge in [-0.15, -0.1) is 5.98 Å². The molecular formula is C4H10B2. The summed E-state index contributed by atoms with van der Waals surface area (Å²) in [6.07, 6.45) is 3.35. The first-order valence-corrected chi connectivity index (χ1v) is 2.56. The summed E-state index contributed by atoms with van der Waals surface area (Å²) in [5.74, 6) is 2.18. The summed E-state index contributed by atoms with van der Waals surface area (Å²) < 4.78 is 0. The van der Waals surface area contributed by atoms with E-state index in [1.54, 1.807) is 0 Å². The smallest absolute Gasteiger partial charge is 0.109 e. The largest absolute Gasteiger partial charge is 0.132 e. The average molecular weight is 79.7 g/mol. The highest BCUT2D eigenvalue weighted by Gasteiger charge is 1.63. The molecule has 0 aromatic heterocycles. The van der Waals surface area contributed by atoms with Crippen molar-refractivity contribution in [3.8, 4) is 0 Å². The Balaban J connectivity index is 2.73. The van der Waals surface area contributed by atoms with Crippen LogP contribution in [-0.2, 0) is 0 Å². The van der Waals surface area contributed by atoms with Gasteiger partial charge in [-0.1, -0.05) is 13.0 Å². The molecule has 0 nitrogen and oxygen atoms in total. The minimum atomic E-state index is 1.17. The quantitative estimate of drug-likeness (QED) is 0.406. The fraction of sp³-hybridized carbons (Fsp3) is 0.500. The number of allylic oxidation sites excluding steroid dienone is 1. The van der Waals surface area contributed by atoms with Crippen molar-refractivity contribution in [2.24, 2.45) is 0 Å². The highest BCUT2D eigenvalue weighted by molar-refractivity contribution is 6.92.